The zero-order chi connectivity index (χ0) is 40.6. The summed E-state index contributed by atoms with van der Waals surface area (Å²) in [5.41, 5.74) is 14.9. The minimum absolute atomic E-state index is 0.0658. The van der Waals surface area contributed by atoms with Crippen LogP contribution in [0.2, 0.25) is 0 Å². The molecule has 15 nitrogen and oxygen atoms in total. The van der Waals surface area contributed by atoms with Crippen LogP contribution in [0, 0.1) is 12.7 Å². The summed E-state index contributed by atoms with van der Waals surface area (Å²) in [5.74, 6) is -2.87. The molecule has 6 rings (SSSR count). The van der Waals surface area contributed by atoms with Gasteiger partial charge in [0.2, 0.25) is 23.6 Å². The Morgan fingerprint density at radius 1 is 0.877 bits per heavy atom. The van der Waals surface area contributed by atoms with Gasteiger partial charge in [-0.25, -0.2) is 9.37 Å². The van der Waals surface area contributed by atoms with Crippen LogP contribution in [0.25, 0.3) is 21.9 Å². The summed E-state index contributed by atoms with van der Waals surface area (Å²) in [6.45, 7) is 2.92. The number of pyridine rings is 2. The fourth-order valence-electron chi connectivity index (χ4n) is 7.15. The third kappa shape index (κ3) is 9.17. The van der Waals surface area contributed by atoms with Crippen molar-refractivity contribution in [3.8, 4) is 11.1 Å². The Labute approximate surface area is 328 Å². The lowest BCUT2D eigenvalue weighted by atomic mass is 9.97. The van der Waals surface area contributed by atoms with Crippen molar-refractivity contribution in [3.05, 3.63) is 71.4 Å². The molecule has 4 aromatic rings. The molecule has 0 saturated carbocycles. The van der Waals surface area contributed by atoms with E-state index < -0.39 is 35.5 Å². The zero-order valence-corrected chi connectivity index (χ0v) is 31.7. The molecule has 0 radical (unpaired) electrons. The van der Waals surface area contributed by atoms with E-state index in [4.69, 9.17) is 11.5 Å². The average molecular weight is 780 g/mol. The molecular formula is C41H46FN9O6. The predicted molar refractivity (Wildman–Crippen MR) is 213 cm³/mol. The van der Waals surface area contributed by atoms with Gasteiger partial charge in [-0.1, -0.05) is 31.7 Å². The summed E-state index contributed by atoms with van der Waals surface area (Å²) in [5, 5.41) is 12.1. The van der Waals surface area contributed by atoms with E-state index in [2.05, 4.69) is 31.2 Å². The van der Waals surface area contributed by atoms with E-state index >= 15 is 4.39 Å². The Hall–Kier alpha value is -6.45. The third-order valence-corrected chi connectivity index (χ3v) is 10.3. The zero-order valence-electron chi connectivity index (χ0n) is 31.7. The second-order valence-electron chi connectivity index (χ2n) is 14.3. The van der Waals surface area contributed by atoms with Crippen LogP contribution in [-0.2, 0) is 19.2 Å². The highest BCUT2D eigenvalue weighted by Crippen LogP contribution is 2.36. The highest BCUT2D eigenvalue weighted by atomic mass is 19.1. The Morgan fingerprint density at radius 3 is 2.39 bits per heavy atom. The van der Waals surface area contributed by atoms with Gasteiger partial charge in [0.05, 0.1) is 28.7 Å². The maximum absolute atomic E-state index is 15.2. The van der Waals surface area contributed by atoms with Crippen LogP contribution in [0.1, 0.15) is 96.9 Å². The molecule has 1 fully saturated rings. The molecule has 2 aliphatic heterocycles. The van der Waals surface area contributed by atoms with Crippen LogP contribution in [0.15, 0.2) is 48.9 Å². The van der Waals surface area contributed by atoms with Crippen LogP contribution >= 0.6 is 0 Å². The van der Waals surface area contributed by atoms with Crippen molar-refractivity contribution < 1.29 is 33.2 Å². The average Bonchev–Trinajstić information content (AvgIpc) is 3.44. The number of aromatic nitrogens is 2. The highest BCUT2D eigenvalue weighted by Gasteiger charge is 2.45. The molecule has 57 heavy (non-hydrogen) atoms. The van der Waals surface area contributed by atoms with Gasteiger partial charge >= 0.3 is 0 Å². The lowest BCUT2D eigenvalue weighted by molar-refractivity contribution is -0.136. The number of halogens is 1. The molecule has 2 aromatic heterocycles. The molecule has 4 heterocycles. The Morgan fingerprint density at radius 2 is 1.61 bits per heavy atom. The van der Waals surface area contributed by atoms with Crippen molar-refractivity contribution in [2.75, 3.05) is 35.2 Å². The Balaban J connectivity index is 0.840. The molecule has 0 aliphatic carbocycles. The molecule has 16 heteroatoms. The number of rotatable bonds is 17. The van der Waals surface area contributed by atoms with Gasteiger partial charge < -0.3 is 27.4 Å². The van der Waals surface area contributed by atoms with Crippen molar-refractivity contribution in [1.29, 1.82) is 0 Å². The maximum atomic E-state index is 15.2. The van der Waals surface area contributed by atoms with E-state index in [9.17, 15) is 28.8 Å². The van der Waals surface area contributed by atoms with Crippen molar-refractivity contribution in [1.82, 2.24) is 25.5 Å². The number of piperidine rings is 1. The number of nitrogens with zero attached hydrogens (tertiary/aromatic N) is 3. The normalized spacial score (nSPS) is 15.1. The van der Waals surface area contributed by atoms with Crippen LogP contribution < -0.4 is 32.7 Å². The highest BCUT2D eigenvalue weighted by molar-refractivity contribution is 6.25. The topological polar surface area (TPSA) is 232 Å². The number of nitrogens with two attached hydrogens (primary N) is 2. The van der Waals surface area contributed by atoms with Gasteiger partial charge in [0.15, 0.2) is 5.82 Å². The molecule has 1 saturated heterocycles. The third-order valence-electron chi connectivity index (χ3n) is 10.3. The predicted octanol–water partition coefficient (Wildman–Crippen LogP) is 4.99. The summed E-state index contributed by atoms with van der Waals surface area (Å²) in [7, 11) is 0. The SMILES string of the molecule is Cc1c(N)cncc1-c1cc2cc(NC(=O)CCCC(=O)NCCCCCCCCNc3cccc4c3C(=O)N(C3CCC(=O)NC3=O)C4=O)ncc2c(N)c1F. The van der Waals surface area contributed by atoms with Crippen LogP contribution in [-0.4, -0.2) is 69.4 Å². The largest absolute Gasteiger partial charge is 0.397 e. The second kappa shape index (κ2) is 18.0. The van der Waals surface area contributed by atoms with Gasteiger partial charge in [0, 0.05) is 66.9 Å². The van der Waals surface area contributed by atoms with E-state index in [0.29, 0.717) is 52.8 Å². The number of hydrogen-bond acceptors (Lipinski definition) is 11. The quantitative estimate of drug-likeness (QED) is 0.0475. The van der Waals surface area contributed by atoms with Crippen molar-refractivity contribution >= 4 is 69.1 Å². The van der Waals surface area contributed by atoms with Gasteiger partial charge in [0.25, 0.3) is 11.8 Å². The minimum Gasteiger partial charge on any atom is -0.397 e. The van der Waals surface area contributed by atoms with Gasteiger partial charge in [-0.15, -0.1) is 0 Å². The van der Waals surface area contributed by atoms with E-state index in [1.54, 1.807) is 37.3 Å². The number of nitrogens with one attached hydrogen (secondary N) is 4. The molecule has 8 N–H and O–H groups in total. The number of imide groups is 2. The molecular weight excluding hydrogens is 734 g/mol. The number of hydrogen-bond donors (Lipinski definition) is 6. The lowest BCUT2D eigenvalue weighted by Gasteiger charge is -2.27. The summed E-state index contributed by atoms with van der Waals surface area (Å²) < 4.78 is 15.2. The number of anilines is 4. The van der Waals surface area contributed by atoms with Crippen molar-refractivity contribution in [3.63, 3.8) is 0 Å². The van der Waals surface area contributed by atoms with Crippen LogP contribution in [0.5, 0.6) is 0 Å². The number of amides is 6. The maximum Gasteiger partial charge on any atom is 0.264 e. The molecule has 1 atom stereocenters. The standard InChI is InChI=1S/C41H46FN9O6/c1-23-27(20-45-22-29(23)43)26-18-24-19-32(48-21-28(24)38(44)37(26)42)49-34(53)13-9-12-33(52)47-17-7-5-3-2-4-6-16-46-30-11-8-10-25-36(30)41(57)51(40(25)56)31-14-15-35(54)50-39(31)55/h8,10-11,18-22,31,46H,2-7,9,12-17,43-44H2,1H3,(H,47,52)(H,48,49,53)(H,50,54,55). The van der Waals surface area contributed by atoms with E-state index in [-0.39, 0.29) is 65.7 Å². The summed E-state index contributed by atoms with van der Waals surface area (Å²) in [4.78, 5) is 84.4. The first-order valence-corrected chi connectivity index (χ1v) is 19.2. The van der Waals surface area contributed by atoms with Crippen LogP contribution in [0.3, 0.4) is 0 Å². The second-order valence-corrected chi connectivity index (χ2v) is 14.3. The summed E-state index contributed by atoms with van der Waals surface area (Å²) in [6, 6.07) is 7.25. The van der Waals surface area contributed by atoms with Crippen molar-refractivity contribution in [2.45, 2.75) is 83.6 Å². The first-order chi connectivity index (χ1) is 27.4. The molecule has 6 amide bonds. The lowest BCUT2D eigenvalue weighted by Crippen LogP contribution is -2.54. The molecule has 2 aromatic carbocycles. The van der Waals surface area contributed by atoms with Gasteiger partial charge in [-0.3, -0.25) is 44.0 Å². The smallest absolute Gasteiger partial charge is 0.264 e. The van der Waals surface area contributed by atoms with Crippen molar-refractivity contribution in [2.24, 2.45) is 0 Å². The monoisotopic (exact) mass is 779 g/mol. The number of unbranched alkanes of at least 4 members (excludes halogenated alkanes) is 5. The Kier molecular flexibility index (Phi) is 12.7. The fourth-order valence-corrected chi connectivity index (χ4v) is 7.15. The number of carbonyl (C=O) groups is 6. The number of carbonyl (C=O) groups excluding carboxylic acids is 6. The summed E-state index contributed by atoms with van der Waals surface area (Å²) in [6.07, 6.45) is 10.9. The van der Waals surface area contributed by atoms with Gasteiger partial charge in [0.1, 0.15) is 11.9 Å². The first-order valence-electron chi connectivity index (χ1n) is 19.2. The first kappa shape index (κ1) is 40.2. The van der Waals surface area contributed by atoms with E-state index in [0.717, 1.165) is 43.4 Å². The van der Waals surface area contributed by atoms with E-state index in [1.807, 2.05) is 0 Å². The fraction of sp³-hybridized carbons (Fsp3) is 0.366. The van der Waals surface area contributed by atoms with Crippen LogP contribution in [0.4, 0.5) is 27.3 Å². The summed E-state index contributed by atoms with van der Waals surface area (Å²) >= 11 is 0. The minimum atomic E-state index is -1.01. The Bertz CT molecular complexity index is 2250. The molecule has 1 unspecified atom stereocenters. The molecule has 298 valence electrons. The number of nitrogen functional groups attached to an aromatic ring is 2. The number of benzene rings is 2. The van der Waals surface area contributed by atoms with E-state index in [1.165, 1.54) is 18.6 Å². The molecule has 0 bridgehead atoms. The van der Waals surface area contributed by atoms with Gasteiger partial charge in [-0.05, 0) is 67.8 Å². The van der Waals surface area contributed by atoms with Gasteiger partial charge in [-0.2, -0.15) is 0 Å². The number of fused-ring (bicyclic) bond motifs is 2. The molecule has 2 aliphatic rings. The molecule has 0 spiro atoms.